The first-order valence-corrected chi connectivity index (χ1v) is 7.36. The Morgan fingerprint density at radius 3 is 0.947 bits per heavy atom. The Morgan fingerprint density at radius 2 is 0.789 bits per heavy atom. The van der Waals surface area contributed by atoms with Gasteiger partial charge in [0.05, 0.1) is 0 Å². The summed E-state index contributed by atoms with van der Waals surface area (Å²) in [5.74, 6) is 0. The lowest BCUT2D eigenvalue weighted by molar-refractivity contribution is 1.09. The third-order valence-electron chi connectivity index (χ3n) is 2.50. The van der Waals surface area contributed by atoms with Crippen molar-refractivity contribution >= 4 is 0 Å². The van der Waals surface area contributed by atoms with E-state index < -0.39 is 0 Å². The zero-order valence-electron chi connectivity index (χ0n) is 12.9. The summed E-state index contributed by atoms with van der Waals surface area (Å²) in [4.78, 5) is 0. The summed E-state index contributed by atoms with van der Waals surface area (Å²) in [5.41, 5.74) is 2.82. The van der Waals surface area contributed by atoms with Crippen LogP contribution in [0.5, 0.6) is 0 Å². The monoisotopic (exact) mass is 256 g/mol. The van der Waals surface area contributed by atoms with Crippen molar-refractivity contribution < 1.29 is 0 Å². The predicted octanol–water partition coefficient (Wildman–Crippen LogP) is 5.91. The minimum atomic E-state index is 1.14. The SMILES string of the molecule is CCC.CCc1ccccc1.CCc1ccccc1. The Labute approximate surface area is 119 Å². The van der Waals surface area contributed by atoms with Gasteiger partial charge in [0, 0.05) is 0 Å². The summed E-state index contributed by atoms with van der Waals surface area (Å²) in [5, 5.41) is 0. The fourth-order valence-corrected chi connectivity index (χ4v) is 1.43. The van der Waals surface area contributed by atoms with Crippen LogP contribution in [0.15, 0.2) is 60.7 Å². The molecule has 0 aliphatic heterocycles. The molecular weight excluding hydrogens is 228 g/mol. The van der Waals surface area contributed by atoms with E-state index in [2.05, 4.69) is 76.2 Å². The molecule has 0 amide bonds. The van der Waals surface area contributed by atoms with Gasteiger partial charge in [-0.05, 0) is 24.0 Å². The number of hydrogen-bond donors (Lipinski definition) is 0. The van der Waals surface area contributed by atoms with Gasteiger partial charge in [-0.3, -0.25) is 0 Å². The largest absolute Gasteiger partial charge is 0.0656 e. The topological polar surface area (TPSA) is 0 Å². The molecule has 0 N–H and O–H groups in total. The van der Waals surface area contributed by atoms with E-state index in [1.54, 1.807) is 0 Å². The van der Waals surface area contributed by atoms with E-state index in [1.165, 1.54) is 17.5 Å². The van der Waals surface area contributed by atoms with Crippen molar-refractivity contribution in [3.8, 4) is 0 Å². The second-order valence-corrected chi connectivity index (χ2v) is 4.39. The zero-order valence-corrected chi connectivity index (χ0v) is 12.9. The Balaban J connectivity index is 0.000000284. The van der Waals surface area contributed by atoms with Gasteiger partial charge in [-0.2, -0.15) is 0 Å². The van der Waals surface area contributed by atoms with E-state index in [4.69, 9.17) is 0 Å². The van der Waals surface area contributed by atoms with Crippen molar-refractivity contribution in [2.45, 2.75) is 47.0 Å². The molecule has 104 valence electrons. The summed E-state index contributed by atoms with van der Waals surface area (Å²) in [6.07, 6.45) is 3.53. The highest BCUT2D eigenvalue weighted by atomic mass is 13.9. The van der Waals surface area contributed by atoms with Crippen LogP contribution in [-0.2, 0) is 12.8 Å². The molecule has 0 aliphatic carbocycles. The summed E-state index contributed by atoms with van der Waals surface area (Å²) < 4.78 is 0. The zero-order chi connectivity index (χ0) is 14.3. The maximum atomic E-state index is 2.16. The van der Waals surface area contributed by atoms with Crippen LogP contribution in [0.3, 0.4) is 0 Å². The van der Waals surface area contributed by atoms with Gasteiger partial charge in [0.1, 0.15) is 0 Å². The number of benzene rings is 2. The number of hydrogen-bond acceptors (Lipinski definition) is 0. The van der Waals surface area contributed by atoms with Gasteiger partial charge in [0.2, 0.25) is 0 Å². The number of rotatable bonds is 2. The second kappa shape index (κ2) is 12.9. The van der Waals surface area contributed by atoms with Crippen LogP contribution in [0.1, 0.15) is 45.2 Å². The smallest absolute Gasteiger partial charge is 0.0307 e. The summed E-state index contributed by atoms with van der Waals surface area (Å²) in [6.45, 7) is 8.57. The third-order valence-corrected chi connectivity index (χ3v) is 2.50. The lowest BCUT2D eigenvalue weighted by atomic mass is 10.2. The minimum absolute atomic E-state index is 1.14. The molecule has 0 aromatic heterocycles. The van der Waals surface area contributed by atoms with Gasteiger partial charge < -0.3 is 0 Å². The van der Waals surface area contributed by atoms with Gasteiger partial charge in [0.15, 0.2) is 0 Å². The molecule has 0 heterocycles. The number of aryl methyl sites for hydroxylation is 2. The van der Waals surface area contributed by atoms with Gasteiger partial charge in [-0.15, -0.1) is 0 Å². The van der Waals surface area contributed by atoms with Crippen LogP contribution in [0, 0.1) is 0 Å². The maximum absolute atomic E-state index is 2.16. The molecule has 0 atom stereocenters. The summed E-state index contributed by atoms with van der Waals surface area (Å²) in [6, 6.07) is 20.9. The van der Waals surface area contributed by atoms with E-state index in [0.717, 1.165) is 12.8 Å². The van der Waals surface area contributed by atoms with Crippen molar-refractivity contribution in [2.75, 3.05) is 0 Å². The molecule has 0 spiro atoms. The van der Waals surface area contributed by atoms with Crippen LogP contribution in [0.25, 0.3) is 0 Å². The Kier molecular flexibility index (Phi) is 11.8. The molecule has 0 bridgehead atoms. The van der Waals surface area contributed by atoms with Gasteiger partial charge in [-0.25, -0.2) is 0 Å². The van der Waals surface area contributed by atoms with Crippen LogP contribution < -0.4 is 0 Å². The Bertz CT molecular complexity index is 336. The predicted molar refractivity (Wildman–Crippen MR) is 87.6 cm³/mol. The quantitative estimate of drug-likeness (QED) is 0.626. The standard InChI is InChI=1S/2C8H10.C3H8/c2*1-2-8-6-4-3-5-7-8;1-3-2/h2*3-7H,2H2,1H3;3H2,1-2H3. The van der Waals surface area contributed by atoms with Gasteiger partial charge >= 0.3 is 0 Å². The Morgan fingerprint density at radius 1 is 0.526 bits per heavy atom. The first-order chi connectivity index (χ1) is 9.28. The highest BCUT2D eigenvalue weighted by Gasteiger charge is 1.80. The fraction of sp³-hybridized carbons (Fsp3) is 0.368. The molecule has 2 rings (SSSR count). The summed E-state index contributed by atoms with van der Waals surface area (Å²) in [7, 11) is 0. The summed E-state index contributed by atoms with van der Waals surface area (Å²) >= 11 is 0. The highest BCUT2D eigenvalue weighted by Crippen LogP contribution is 1.97. The van der Waals surface area contributed by atoms with E-state index in [9.17, 15) is 0 Å². The normalized spacial score (nSPS) is 8.63. The van der Waals surface area contributed by atoms with Crippen LogP contribution in [0.4, 0.5) is 0 Å². The van der Waals surface area contributed by atoms with Crippen molar-refractivity contribution in [3.63, 3.8) is 0 Å². The molecule has 0 heteroatoms. The molecule has 0 aliphatic rings. The molecule has 0 saturated carbocycles. The highest BCUT2D eigenvalue weighted by molar-refractivity contribution is 5.14. The molecule has 0 unspecified atom stereocenters. The molecule has 2 aromatic rings. The maximum Gasteiger partial charge on any atom is -0.0307 e. The van der Waals surface area contributed by atoms with Crippen molar-refractivity contribution in [1.29, 1.82) is 0 Å². The lowest BCUT2D eigenvalue weighted by Gasteiger charge is -1.89. The van der Waals surface area contributed by atoms with Crippen LogP contribution in [0.2, 0.25) is 0 Å². The second-order valence-electron chi connectivity index (χ2n) is 4.39. The van der Waals surface area contributed by atoms with E-state index in [-0.39, 0.29) is 0 Å². The first kappa shape index (κ1) is 17.4. The average Bonchev–Trinajstić information content (AvgIpc) is 2.50. The van der Waals surface area contributed by atoms with Crippen LogP contribution in [-0.4, -0.2) is 0 Å². The molecular formula is C19H28. The van der Waals surface area contributed by atoms with E-state index in [0.29, 0.717) is 0 Å². The van der Waals surface area contributed by atoms with E-state index >= 15 is 0 Å². The molecule has 0 radical (unpaired) electrons. The van der Waals surface area contributed by atoms with Crippen molar-refractivity contribution in [1.82, 2.24) is 0 Å². The van der Waals surface area contributed by atoms with Gasteiger partial charge in [-0.1, -0.05) is 94.8 Å². The van der Waals surface area contributed by atoms with Crippen molar-refractivity contribution in [2.24, 2.45) is 0 Å². The molecule has 2 aromatic carbocycles. The molecule has 0 saturated heterocycles. The first-order valence-electron chi connectivity index (χ1n) is 7.36. The third kappa shape index (κ3) is 10.1. The lowest BCUT2D eigenvalue weighted by Crippen LogP contribution is -1.73. The van der Waals surface area contributed by atoms with Crippen molar-refractivity contribution in [3.05, 3.63) is 71.8 Å². The van der Waals surface area contributed by atoms with E-state index in [1.807, 2.05) is 12.1 Å². The average molecular weight is 256 g/mol. The minimum Gasteiger partial charge on any atom is -0.0656 e. The molecule has 0 fully saturated rings. The molecule has 19 heavy (non-hydrogen) atoms. The molecule has 0 nitrogen and oxygen atoms in total. The van der Waals surface area contributed by atoms with Crippen LogP contribution >= 0.6 is 0 Å². The fourth-order valence-electron chi connectivity index (χ4n) is 1.43. The Hall–Kier alpha value is -1.56. The van der Waals surface area contributed by atoms with Gasteiger partial charge in [0.25, 0.3) is 0 Å².